The van der Waals surface area contributed by atoms with Gasteiger partial charge in [0.1, 0.15) is 0 Å². The molecule has 0 aromatic rings. The number of alkyl halides is 4. The van der Waals surface area contributed by atoms with E-state index in [4.69, 9.17) is 46.4 Å². The Morgan fingerprint density at radius 2 is 1.47 bits per heavy atom. The van der Waals surface area contributed by atoms with Crippen LogP contribution in [0, 0.1) is 5.92 Å². The molecule has 1 unspecified atom stereocenters. The van der Waals surface area contributed by atoms with Crippen molar-refractivity contribution < 1.29 is 0 Å². The summed E-state index contributed by atoms with van der Waals surface area (Å²) in [5, 5.41) is 0. The lowest BCUT2D eigenvalue weighted by Gasteiger charge is -2.21. The van der Waals surface area contributed by atoms with Gasteiger partial charge in [0.2, 0.25) is 0 Å². The average molecular weight is 294 g/mol. The van der Waals surface area contributed by atoms with Gasteiger partial charge in [-0.15, -0.1) is 11.6 Å². The Balaban J connectivity index is 3.48. The molecule has 15 heavy (non-hydrogen) atoms. The van der Waals surface area contributed by atoms with Gasteiger partial charge in [0.15, 0.2) is 3.79 Å². The fourth-order valence-electron chi connectivity index (χ4n) is 1.50. The minimum Gasteiger partial charge on any atom is -0.126 e. The highest BCUT2D eigenvalue weighted by Gasteiger charge is 2.30. The van der Waals surface area contributed by atoms with Crippen LogP contribution >= 0.6 is 46.4 Å². The molecule has 0 aliphatic heterocycles. The van der Waals surface area contributed by atoms with Crippen molar-refractivity contribution in [1.29, 1.82) is 0 Å². The van der Waals surface area contributed by atoms with Gasteiger partial charge in [-0.05, 0) is 6.42 Å². The van der Waals surface area contributed by atoms with Crippen molar-refractivity contribution in [2.75, 3.05) is 5.88 Å². The van der Waals surface area contributed by atoms with Gasteiger partial charge in [-0.3, -0.25) is 0 Å². The van der Waals surface area contributed by atoms with Gasteiger partial charge in [0.25, 0.3) is 0 Å². The molecule has 0 aromatic carbocycles. The predicted molar refractivity (Wildman–Crippen MR) is 72.5 cm³/mol. The molecular formula is C11H20Cl4. The van der Waals surface area contributed by atoms with Gasteiger partial charge >= 0.3 is 0 Å². The first-order chi connectivity index (χ1) is 7.02. The van der Waals surface area contributed by atoms with Crippen LogP contribution in [0.4, 0.5) is 0 Å². The number of rotatable bonds is 8. The summed E-state index contributed by atoms with van der Waals surface area (Å²) in [6.45, 7) is 2.21. The Kier molecular flexibility index (Phi) is 9.93. The molecule has 0 spiro atoms. The summed E-state index contributed by atoms with van der Waals surface area (Å²) in [7, 11) is 0. The van der Waals surface area contributed by atoms with Crippen molar-refractivity contribution in [2.24, 2.45) is 5.92 Å². The van der Waals surface area contributed by atoms with Gasteiger partial charge in [0.05, 0.1) is 0 Å². The summed E-state index contributed by atoms with van der Waals surface area (Å²) in [5.74, 6) is 0.404. The van der Waals surface area contributed by atoms with Crippen LogP contribution in [0.15, 0.2) is 0 Å². The second kappa shape index (κ2) is 9.22. The molecule has 0 saturated heterocycles. The van der Waals surface area contributed by atoms with Crippen molar-refractivity contribution in [1.82, 2.24) is 0 Å². The fourth-order valence-corrected chi connectivity index (χ4v) is 2.68. The summed E-state index contributed by atoms with van der Waals surface area (Å²) in [5.41, 5.74) is 0. The van der Waals surface area contributed by atoms with Gasteiger partial charge < -0.3 is 0 Å². The second-order valence-corrected chi connectivity index (χ2v) is 6.63. The molecular weight excluding hydrogens is 274 g/mol. The smallest absolute Gasteiger partial charge is 0.126 e. The van der Waals surface area contributed by atoms with Crippen LogP contribution in [0.25, 0.3) is 0 Å². The summed E-state index contributed by atoms with van der Waals surface area (Å²) in [6.07, 6.45) is 8.43. The lowest BCUT2D eigenvalue weighted by atomic mass is 10.0. The zero-order valence-electron chi connectivity index (χ0n) is 9.25. The highest BCUT2D eigenvalue weighted by Crippen LogP contribution is 2.38. The summed E-state index contributed by atoms with van der Waals surface area (Å²) < 4.78 is -1.20. The highest BCUT2D eigenvalue weighted by molar-refractivity contribution is 6.67. The first-order valence-electron chi connectivity index (χ1n) is 5.65. The largest absolute Gasteiger partial charge is 0.194 e. The molecule has 0 radical (unpaired) electrons. The van der Waals surface area contributed by atoms with E-state index in [1.165, 1.54) is 32.1 Å². The van der Waals surface area contributed by atoms with E-state index >= 15 is 0 Å². The zero-order chi connectivity index (χ0) is 11.7. The quantitative estimate of drug-likeness (QED) is 0.382. The summed E-state index contributed by atoms with van der Waals surface area (Å²) >= 11 is 23.2. The Hall–Kier alpha value is 1.16. The fraction of sp³-hybridized carbons (Fsp3) is 1.00. The molecule has 0 aromatic heterocycles. The van der Waals surface area contributed by atoms with Gasteiger partial charge in [-0.2, -0.15) is 0 Å². The van der Waals surface area contributed by atoms with Crippen molar-refractivity contribution in [2.45, 2.75) is 55.7 Å². The number of hydrogen-bond acceptors (Lipinski definition) is 0. The van der Waals surface area contributed by atoms with E-state index in [0.29, 0.717) is 5.88 Å². The molecule has 0 amide bonds. The third-order valence-electron chi connectivity index (χ3n) is 2.56. The first kappa shape index (κ1) is 16.2. The Labute approximate surface area is 114 Å². The molecule has 0 nitrogen and oxygen atoms in total. The highest BCUT2D eigenvalue weighted by atomic mass is 35.6. The normalized spacial score (nSPS) is 14.2. The van der Waals surface area contributed by atoms with Crippen LogP contribution in [-0.4, -0.2) is 9.67 Å². The van der Waals surface area contributed by atoms with E-state index in [-0.39, 0.29) is 5.92 Å². The zero-order valence-corrected chi connectivity index (χ0v) is 12.3. The number of unbranched alkanes of at least 4 members (excludes halogenated alkanes) is 5. The summed E-state index contributed by atoms with van der Waals surface area (Å²) in [6, 6.07) is 0. The minimum atomic E-state index is -1.20. The lowest BCUT2D eigenvalue weighted by Crippen LogP contribution is -2.20. The number of halogens is 4. The third-order valence-corrected chi connectivity index (χ3v) is 3.85. The van der Waals surface area contributed by atoms with Crippen LogP contribution in [-0.2, 0) is 0 Å². The molecule has 0 heterocycles. The van der Waals surface area contributed by atoms with Crippen molar-refractivity contribution >= 4 is 46.4 Å². The van der Waals surface area contributed by atoms with Crippen LogP contribution in [0.1, 0.15) is 51.9 Å². The van der Waals surface area contributed by atoms with Crippen LogP contribution in [0.5, 0.6) is 0 Å². The van der Waals surface area contributed by atoms with E-state index in [1.807, 2.05) is 0 Å². The molecule has 0 aliphatic carbocycles. The summed E-state index contributed by atoms with van der Waals surface area (Å²) in [4.78, 5) is 0. The van der Waals surface area contributed by atoms with Crippen molar-refractivity contribution in [3.63, 3.8) is 0 Å². The van der Waals surface area contributed by atoms with E-state index in [0.717, 1.165) is 12.8 Å². The second-order valence-electron chi connectivity index (χ2n) is 3.95. The van der Waals surface area contributed by atoms with Gasteiger partial charge in [0, 0.05) is 11.8 Å². The number of hydrogen-bond donors (Lipinski definition) is 0. The Bertz CT molecular complexity index is 142. The Morgan fingerprint density at radius 1 is 0.933 bits per heavy atom. The molecule has 0 bridgehead atoms. The van der Waals surface area contributed by atoms with E-state index in [2.05, 4.69) is 6.92 Å². The Morgan fingerprint density at radius 3 is 1.93 bits per heavy atom. The van der Waals surface area contributed by atoms with E-state index in [1.54, 1.807) is 0 Å². The van der Waals surface area contributed by atoms with Crippen LogP contribution in [0.3, 0.4) is 0 Å². The standard InChI is InChI=1S/C11H20Cl4/c1-2-3-4-5-6-7-8-10(9-12)11(13,14)15/h10H,2-9H2,1H3. The average Bonchev–Trinajstić information content (AvgIpc) is 2.15. The molecule has 1 atom stereocenters. The van der Waals surface area contributed by atoms with E-state index < -0.39 is 3.79 Å². The molecule has 92 valence electrons. The molecule has 0 aliphatic rings. The van der Waals surface area contributed by atoms with Crippen LogP contribution in [0.2, 0.25) is 0 Å². The molecule has 4 heteroatoms. The van der Waals surface area contributed by atoms with Crippen molar-refractivity contribution in [3.8, 4) is 0 Å². The van der Waals surface area contributed by atoms with E-state index in [9.17, 15) is 0 Å². The minimum absolute atomic E-state index is 0.0182. The molecule has 0 saturated carbocycles. The van der Waals surface area contributed by atoms with Gasteiger partial charge in [-0.25, -0.2) is 0 Å². The monoisotopic (exact) mass is 292 g/mol. The third kappa shape index (κ3) is 8.92. The maximum Gasteiger partial charge on any atom is 0.194 e. The lowest BCUT2D eigenvalue weighted by molar-refractivity contribution is 0.493. The molecule has 0 fully saturated rings. The maximum absolute atomic E-state index is 5.81. The molecule has 0 N–H and O–H groups in total. The SMILES string of the molecule is CCCCCCCCC(CCl)C(Cl)(Cl)Cl. The molecule has 0 rings (SSSR count). The maximum atomic E-state index is 5.81. The van der Waals surface area contributed by atoms with Crippen molar-refractivity contribution in [3.05, 3.63) is 0 Å². The van der Waals surface area contributed by atoms with Gasteiger partial charge in [-0.1, -0.05) is 80.3 Å². The van der Waals surface area contributed by atoms with Crippen LogP contribution < -0.4 is 0 Å². The first-order valence-corrected chi connectivity index (χ1v) is 7.31. The predicted octanol–water partition coefficient (Wildman–Crippen LogP) is 5.96. The topological polar surface area (TPSA) is 0 Å².